The number of benzene rings is 1. The first-order chi connectivity index (χ1) is 10.3. The van der Waals surface area contributed by atoms with Crippen molar-refractivity contribution in [3.05, 3.63) is 35.4 Å². The number of hydrogen-bond acceptors (Lipinski definition) is 4. The number of rotatable bonds is 4. The largest absolute Gasteiger partial charge is 0.387 e. The standard InChI is InChI=1S/C17H26N2O2/c18-11-13-5-7-14(8-6-13)16(20)12-19-9-10-21-17-4-2-1-3-15(17)19/h5-8,15-17,20H,1-4,9-12,18H2. The Balaban J connectivity index is 1.63. The fraction of sp³-hybridized carbons (Fsp3) is 0.647. The summed E-state index contributed by atoms with van der Waals surface area (Å²) in [6.07, 6.45) is 4.86. The molecule has 1 aromatic carbocycles. The van der Waals surface area contributed by atoms with Crippen LogP contribution in [-0.4, -0.2) is 41.8 Å². The molecule has 3 unspecified atom stereocenters. The molecule has 4 heteroatoms. The molecule has 2 aliphatic rings. The molecule has 116 valence electrons. The van der Waals surface area contributed by atoms with Gasteiger partial charge < -0.3 is 15.6 Å². The van der Waals surface area contributed by atoms with Gasteiger partial charge in [-0.2, -0.15) is 0 Å². The molecule has 4 nitrogen and oxygen atoms in total. The normalized spacial score (nSPS) is 28.1. The van der Waals surface area contributed by atoms with E-state index in [0.717, 1.165) is 24.3 Å². The molecule has 1 aliphatic carbocycles. The van der Waals surface area contributed by atoms with Crippen molar-refractivity contribution in [1.82, 2.24) is 4.90 Å². The molecule has 0 aromatic heterocycles. The lowest BCUT2D eigenvalue weighted by Gasteiger charge is -2.44. The molecule has 3 rings (SSSR count). The summed E-state index contributed by atoms with van der Waals surface area (Å²) >= 11 is 0. The summed E-state index contributed by atoms with van der Waals surface area (Å²) in [4.78, 5) is 2.43. The summed E-state index contributed by atoms with van der Waals surface area (Å²) in [6, 6.07) is 8.48. The van der Waals surface area contributed by atoms with Gasteiger partial charge in [-0.25, -0.2) is 0 Å². The van der Waals surface area contributed by atoms with Gasteiger partial charge in [0.25, 0.3) is 0 Å². The number of nitrogens with two attached hydrogens (primary N) is 1. The van der Waals surface area contributed by atoms with E-state index in [1.807, 2.05) is 24.3 Å². The summed E-state index contributed by atoms with van der Waals surface area (Å²) < 4.78 is 5.89. The van der Waals surface area contributed by atoms with Crippen LogP contribution in [0.2, 0.25) is 0 Å². The van der Waals surface area contributed by atoms with Crippen LogP contribution in [0.4, 0.5) is 0 Å². The Labute approximate surface area is 126 Å². The van der Waals surface area contributed by atoms with Crippen LogP contribution in [0.1, 0.15) is 42.9 Å². The average molecular weight is 290 g/mol. The van der Waals surface area contributed by atoms with Crippen molar-refractivity contribution in [3.63, 3.8) is 0 Å². The first-order valence-corrected chi connectivity index (χ1v) is 8.10. The SMILES string of the molecule is NCc1ccc(C(O)CN2CCOC3CCCCC32)cc1. The summed E-state index contributed by atoms with van der Waals surface area (Å²) in [5, 5.41) is 10.5. The van der Waals surface area contributed by atoms with Gasteiger partial charge in [-0.05, 0) is 24.0 Å². The maximum atomic E-state index is 10.5. The smallest absolute Gasteiger partial charge is 0.0917 e. The fourth-order valence-electron chi connectivity index (χ4n) is 3.61. The number of nitrogens with zero attached hydrogens (tertiary/aromatic N) is 1. The Morgan fingerprint density at radius 1 is 1.24 bits per heavy atom. The second-order valence-electron chi connectivity index (χ2n) is 6.22. The van der Waals surface area contributed by atoms with Crippen molar-refractivity contribution in [2.24, 2.45) is 5.73 Å². The number of morpholine rings is 1. The summed E-state index contributed by atoms with van der Waals surface area (Å²) in [6.45, 7) is 2.97. The predicted molar refractivity (Wildman–Crippen MR) is 82.9 cm³/mol. The number of β-amino-alcohol motifs (C(OH)–C–C–N with tert-alkyl or cyclic N) is 1. The summed E-state index contributed by atoms with van der Waals surface area (Å²) in [5.41, 5.74) is 7.69. The third kappa shape index (κ3) is 3.46. The molecular weight excluding hydrogens is 264 g/mol. The highest BCUT2D eigenvalue weighted by molar-refractivity contribution is 5.24. The van der Waals surface area contributed by atoms with Gasteiger partial charge in [0.05, 0.1) is 18.8 Å². The van der Waals surface area contributed by atoms with Gasteiger partial charge in [0.1, 0.15) is 0 Å². The number of aliphatic hydroxyl groups is 1. The first kappa shape index (κ1) is 15.0. The van der Waals surface area contributed by atoms with E-state index in [0.29, 0.717) is 25.2 Å². The Kier molecular flexibility index (Phi) is 4.91. The van der Waals surface area contributed by atoms with Crippen molar-refractivity contribution in [2.75, 3.05) is 19.7 Å². The monoisotopic (exact) mass is 290 g/mol. The van der Waals surface area contributed by atoms with Crippen LogP contribution in [0.5, 0.6) is 0 Å². The Bertz CT molecular complexity index is 447. The molecule has 21 heavy (non-hydrogen) atoms. The third-order valence-electron chi connectivity index (χ3n) is 4.85. The van der Waals surface area contributed by atoms with E-state index in [4.69, 9.17) is 10.5 Å². The molecule has 3 N–H and O–H groups in total. The van der Waals surface area contributed by atoms with Crippen molar-refractivity contribution in [1.29, 1.82) is 0 Å². The zero-order valence-electron chi connectivity index (χ0n) is 12.6. The van der Waals surface area contributed by atoms with Crippen LogP contribution in [0.25, 0.3) is 0 Å². The molecule has 1 heterocycles. The van der Waals surface area contributed by atoms with Crippen molar-refractivity contribution < 1.29 is 9.84 Å². The zero-order valence-corrected chi connectivity index (χ0v) is 12.6. The minimum absolute atomic E-state index is 0.374. The second kappa shape index (κ2) is 6.88. The lowest BCUT2D eigenvalue weighted by atomic mass is 9.89. The van der Waals surface area contributed by atoms with E-state index < -0.39 is 6.10 Å². The van der Waals surface area contributed by atoms with Gasteiger partial charge in [0.15, 0.2) is 0 Å². The maximum Gasteiger partial charge on any atom is 0.0917 e. The number of fused-ring (bicyclic) bond motifs is 1. The van der Waals surface area contributed by atoms with Gasteiger partial charge in [0, 0.05) is 25.7 Å². The second-order valence-corrected chi connectivity index (χ2v) is 6.22. The highest BCUT2D eigenvalue weighted by atomic mass is 16.5. The Morgan fingerprint density at radius 2 is 2.00 bits per heavy atom. The molecule has 0 radical (unpaired) electrons. The van der Waals surface area contributed by atoms with Crippen LogP contribution in [0, 0.1) is 0 Å². The Morgan fingerprint density at radius 3 is 2.76 bits per heavy atom. The van der Waals surface area contributed by atoms with Gasteiger partial charge in [0.2, 0.25) is 0 Å². The lowest BCUT2D eigenvalue weighted by molar-refractivity contribution is -0.0974. The highest BCUT2D eigenvalue weighted by Crippen LogP contribution is 2.29. The van der Waals surface area contributed by atoms with E-state index >= 15 is 0 Å². The minimum atomic E-state index is -0.433. The number of hydrogen-bond donors (Lipinski definition) is 2. The van der Waals surface area contributed by atoms with E-state index in [-0.39, 0.29) is 0 Å². The topological polar surface area (TPSA) is 58.7 Å². The van der Waals surface area contributed by atoms with Gasteiger partial charge in [-0.1, -0.05) is 37.1 Å². The highest BCUT2D eigenvalue weighted by Gasteiger charge is 2.34. The maximum absolute atomic E-state index is 10.5. The summed E-state index contributed by atoms with van der Waals surface area (Å²) in [5.74, 6) is 0. The van der Waals surface area contributed by atoms with E-state index in [1.54, 1.807) is 0 Å². The van der Waals surface area contributed by atoms with E-state index in [2.05, 4.69) is 4.90 Å². The number of aliphatic hydroxyl groups excluding tert-OH is 1. The van der Waals surface area contributed by atoms with Crippen molar-refractivity contribution >= 4 is 0 Å². The van der Waals surface area contributed by atoms with Crippen molar-refractivity contribution in [3.8, 4) is 0 Å². The lowest BCUT2D eigenvalue weighted by Crippen LogP contribution is -2.53. The van der Waals surface area contributed by atoms with E-state index in [9.17, 15) is 5.11 Å². The predicted octanol–water partition coefficient (Wildman–Crippen LogP) is 1.82. The van der Waals surface area contributed by atoms with Gasteiger partial charge >= 0.3 is 0 Å². The molecule has 0 spiro atoms. The van der Waals surface area contributed by atoms with Crippen LogP contribution < -0.4 is 5.73 Å². The fourth-order valence-corrected chi connectivity index (χ4v) is 3.61. The van der Waals surface area contributed by atoms with Crippen LogP contribution >= 0.6 is 0 Å². The van der Waals surface area contributed by atoms with Crippen molar-refractivity contribution in [2.45, 2.75) is 50.5 Å². The minimum Gasteiger partial charge on any atom is -0.387 e. The average Bonchev–Trinajstić information content (AvgIpc) is 2.55. The molecule has 3 atom stereocenters. The molecule has 1 saturated carbocycles. The quantitative estimate of drug-likeness (QED) is 0.888. The zero-order chi connectivity index (χ0) is 14.7. The number of ether oxygens (including phenoxy) is 1. The molecule has 1 aliphatic heterocycles. The molecule has 0 bridgehead atoms. The third-order valence-corrected chi connectivity index (χ3v) is 4.85. The van der Waals surface area contributed by atoms with Crippen LogP contribution in [0.3, 0.4) is 0 Å². The summed E-state index contributed by atoms with van der Waals surface area (Å²) in [7, 11) is 0. The molecule has 1 saturated heterocycles. The molecule has 0 amide bonds. The molecule has 1 aromatic rings. The van der Waals surface area contributed by atoms with Gasteiger partial charge in [-0.15, -0.1) is 0 Å². The molecular formula is C17H26N2O2. The van der Waals surface area contributed by atoms with E-state index in [1.165, 1.54) is 25.7 Å². The molecule has 2 fully saturated rings. The van der Waals surface area contributed by atoms with Gasteiger partial charge in [-0.3, -0.25) is 4.90 Å². The van der Waals surface area contributed by atoms with Crippen LogP contribution in [-0.2, 0) is 11.3 Å². The van der Waals surface area contributed by atoms with Crippen LogP contribution in [0.15, 0.2) is 24.3 Å². The Hall–Kier alpha value is -0.940. The first-order valence-electron chi connectivity index (χ1n) is 8.10.